The van der Waals surface area contributed by atoms with Gasteiger partial charge in [0.25, 0.3) is 0 Å². The maximum atomic E-state index is 12.5. The molecule has 0 heterocycles. The summed E-state index contributed by atoms with van der Waals surface area (Å²) in [6.07, 6.45) is 1.96. The number of hydrogen-bond acceptors (Lipinski definition) is 4. The molecule has 0 aliphatic heterocycles. The molecule has 0 spiro atoms. The number of carboxylic acid groups (broad SMARTS) is 1. The van der Waals surface area contributed by atoms with E-state index >= 15 is 0 Å². The molecule has 0 aliphatic rings. The predicted octanol–water partition coefficient (Wildman–Crippen LogP) is 5.49. The zero-order valence-electron chi connectivity index (χ0n) is 17.3. The molecule has 5 nitrogen and oxygen atoms in total. The van der Waals surface area contributed by atoms with Crippen molar-refractivity contribution >= 4 is 11.8 Å². The minimum Gasteiger partial charge on any atom is -0.481 e. The van der Waals surface area contributed by atoms with Crippen LogP contribution in [-0.2, 0) is 17.6 Å². The summed E-state index contributed by atoms with van der Waals surface area (Å²) in [5.41, 5.74) is 3.86. The molecular formula is C26H23NO4. The van der Waals surface area contributed by atoms with E-state index in [9.17, 15) is 14.9 Å². The maximum Gasteiger partial charge on any atom is 0.307 e. The average Bonchev–Trinajstić information content (AvgIpc) is 2.76. The number of ketones is 1. The van der Waals surface area contributed by atoms with Gasteiger partial charge in [0.1, 0.15) is 17.6 Å². The van der Waals surface area contributed by atoms with Gasteiger partial charge in [-0.05, 0) is 67.3 Å². The number of hydrogen-bond donors (Lipinski definition) is 1. The lowest BCUT2D eigenvalue weighted by atomic mass is 10.0. The van der Waals surface area contributed by atoms with E-state index in [-0.39, 0.29) is 17.8 Å². The Hall–Kier alpha value is -3.91. The van der Waals surface area contributed by atoms with Gasteiger partial charge in [0, 0.05) is 12.0 Å². The molecule has 3 aromatic carbocycles. The zero-order valence-corrected chi connectivity index (χ0v) is 17.3. The molecule has 0 saturated carbocycles. The van der Waals surface area contributed by atoms with Gasteiger partial charge >= 0.3 is 5.97 Å². The molecule has 0 bridgehead atoms. The zero-order chi connectivity index (χ0) is 22.2. The average molecular weight is 413 g/mol. The molecule has 1 N–H and O–H groups in total. The highest BCUT2D eigenvalue weighted by Gasteiger charge is 2.10. The fourth-order valence-corrected chi connectivity index (χ4v) is 3.23. The predicted molar refractivity (Wildman–Crippen MR) is 117 cm³/mol. The topological polar surface area (TPSA) is 87.4 Å². The van der Waals surface area contributed by atoms with Crippen molar-refractivity contribution in [3.63, 3.8) is 0 Å². The Labute approximate surface area is 181 Å². The first-order valence-electron chi connectivity index (χ1n) is 10.1. The Morgan fingerprint density at radius 2 is 1.65 bits per heavy atom. The van der Waals surface area contributed by atoms with Crippen LogP contribution in [0.1, 0.15) is 45.5 Å². The van der Waals surface area contributed by atoms with Gasteiger partial charge in [-0.2, -0.15) is 5.26 Å². The van der Waals surface area contributed by atoms with E-state index in [2.05, 4.69) is 31.2 Å². The Balaban J connectivity index is 1.58. The van der Waals surface area contributed by atoms with Crippen LogP contribution in [-0.4, -0.2) is 16.9 Å². The van der Waals surface area contributed by atoms with Gasteiger partial charge in [-0.3, -0.25) is 9.59 Å². The standard InChI is InChI=1S/C26H23NO4/c1-18-5-7-19(8-6-18)3-2-4-24(28)21-10-12-23(13-11-21)31-25-14-9-20(16-26(29)30)15-22(25)17-27/h5-15H,2-4,16H2,1H3,(H,29,30). The summed E-state index contributed by atoms with van der Waals surface area (Å²) < 4.78 is 5.76. The van der Waals surface area contributed by atoms with Crippen molar-refractivity contribution in [3.05, 3.63) is 94.5 Å². The van der Waals surface area contributed by atoms with Crippen molar-refractivity contribution in [1.82, 2.24) is 0 Å². The molecule has 0 fully saturated rings. The van der Waals surface area contributed by atoms with Crippen molar-refractivity contribution in [2.45, 2.75) is 32.6 Å². The summed E-state index contributed by atoms with van der Waals surface area (Å²) in [5.74, 6) is -0.0430. The molecule has 5 heteroatoms. The monoisotopic (exact) mass is 413 g/mol. The van der Waals surface area contributed by atoms with Gasteiger partial charge < -0.3 is 9.84 Å². The molecule has 0 amide bonds. The van der Waals surface area contributed by atoms with E-state index < -0.39 is 5.97 Å². The SMILES string of the molecule is Cc1ccc(CCCC(=O)c2ccc(Oc3ccc(CC(=O)O)cc3C#N)cc2)cc1. The van der Waals surface area contributed by atoms with Crippen LogP contribution < -0.4 is 4.74 Å². The number of ether oxygens (including phenoxy) is 1. The molecule has 0 unspecified atom stereocenters. The summed E-state index contributed by atoms with van der Waals surface area (Å²) in [6, 6.07) is 21.9. The summed E-state index contributed by atoms with van der Waals surface area (Å²) >= 11 is 0. The Morgan fingerprint density at radius 3 is 2.29 bits per heavy atom. The number of nitrogens with zero attached hydrogens (tertiary/aromatic N) is 1. The number of rotatable bonds is 9. The third-order valence-electron chi connectivity index (χ3n) is 4.91. The lowest BCUT2D eigenvalue weighted by Crippen LogP contribution is -2.01. The van der Waals surface area contributed by atoms with Gasteiger partial charge in [0.15, 0.2) is 5.78 Å². The maximum absolute atomic E-state index is 12.5. The Morgan fingerprint density at radius 1 is 0.968 bits per heavy atom. The fourth-order valence-electron chi connectivity index (χ4n) is 3.23. The van der Waals surface area contributed by atoms with E-state index in [4.69, 9.17) is 9.84 Å². The lowest BCUT2D eigenvalue weighted by molar-refractivity contribution is -0.136. The smallest absolute Gasteiger partial charge is 0.307 e. The van der Waals surface area contributed by atoms with Gasteiger partial charge in [-0.25, -0.2) is 0 Å². The highest BCUT2D eigenvalue weighted by molar-refractivity contribution is 5.96. The second-order valence-electron chi connectivity index (χ2n) is 7.40. The first kappa shape index (κ1) is 21.8. The molecule has 3 rings (SSSR count). The first-order chi connectivity index (χ1) is 14.9. The lowest BCUT2D eigenvalue weighted by Gasteiger charge is -2.09. The van der Waals surface area contributed by atoms with Crippen LogP contribution in [0.3, 0.4) is 0 Å². The Bertz CT molecular complexity index is 1110. The van der Waals surface area contributed by atoms with Crippen molar-refractivity contribution < 1.29 is 19.4 Å². The summed E-state index contributed by atoms with van der Waals surface area (Å²) in [7, 11) is 0. The van der Waals surface area contributed by atoms with Gasteiger partial charge in [-0.1, -0.05) is 35.9 Å². The van der Waals surface area contributed by atoms with Crippen molar-refractivity contribution in [1.29, 1.82) is 5.26 Å². The van der Waals surface area contributed by atoms with Crippen LogP contribution in [0.15, 0.2) is 66.7 Å². The number of Topliss-reactive ketones (excluding diaryl/α,β-unsaturated/α-hetero) is 1. The van der Waals surface area contributed by atoms with Crippen LogP contribution in [0.4, 0.5) is 0 Å². The number of carbonyl (C=O) groups is 2. The molecule has 0 radical (unpaired) electrons. The number of aliphatic carboxylic acids is 1. The number of carbonyl (C=O) groups excluding carboxylic acids is 1. The minimum absolute atomic E-state index is 0.0781. The minimum atomic E-state index is -0.961. The van der Waals surface area contributed by atoms with E-state index in [0.717, 1.165) is 12.8 Å². The molecule has 0 aliphatic carbocycles. The first-order valence-corrected chi connectivity index (χ1v) is 10.1. The molecule has 0 saturated heterocycles. The Kier molecular flexibility index (Phi) is 7.18. The second kappa shape index (κ2) is 10.2. The summed E-state index contributed by atoms with van der Waals surface area (Å²) in [6.45, 7) is 2.05. The van der Waals surface area contributed by atoms with Crippen LogP contribution in [0.5, 0.6) is 11.5 Å². The van der Waals surface area contributed by atoms with E-state index in [1.807, 2.05) is 6.07 Å². The molecular weight excluding hydrogens is 390 g/mol. The molecule has 0 atom stereocenters. The highest BCUT2D eigenvalue weighted by atomic mass is 16.5. The van der Waals surface area contributed by atoms with Crippen molar-refractivity contribution in [2.24, 2.45) is 0 Å². The number of aryl methyl sites for hydroxylation is 2. The van der Waals surface area contributed by atoms with Gasteiger partial charge in [-0.15, -0.1) is 0 Å². The highest BCUT2D eigenvalue weighted by Crippen LogP contribution is 2.26. The second-order valence-corrected chi connectivity index (χ2v) is 7.40. The van der Waals surface area contributed by atoms with Gasteiger partial charge in [0.2, 0.25) is 0 Å². The third kappa shape index (κ3) is 6.28. The molecule has 31 heavy (non-hydrogen) atoms. The normalized spacial score (nSPS) is 10.3. The van der Waals surface area contributed by atoms with E-state index in [1.165, 1.54) is 17.2 Å². The van der Waals surface area contributed by atoms with Gasteiger partial charge in [0.05, 0.1) is 12.0 Å². The van der Waals surface area contributed by atoms with Crippen molar-refractivity contribution in [2.75, 3.05) is 0 Å². The summed E-state index contributed by atoms with van der Waals surface area (Å²) in [4.78, 5) is 23.3. The van der Waals surface area contributed by atoms with Crippen molar-refractivity contribution in [3.8, 4) is 17.6 Å². The fraction of sp³-hybridized carbons (Fsp3) is 0.192. The number of carboxylic acids is 1. The van der Waals surface area contributed by atoms with E-state index in [0.29, 0.717) is 29.0 Å². The van der Waals surface area contributed by atoms with Crippen LogP contribution in [0.25, 0.3) is 0 Å². The summed E-state index contributed by atoms with van der Waals surface area (Å²) in [5, 5.41) is 18.2. The molecule has 3 aromatic rings. The van der Waals surface area contributed by atoms with Crippen LogP contribution >= 0.6 is 0 Å². The molecule has 0 aromatic heterocycles. The molecule has 156 valence electrons. The largest absolute Gasteiger partial charge is 0.481 e. The van der Waals surface area contributed by atoms with E-state index in [1.54, 1.807) is 36.4 Å². The number of benzene rings is 3. The third-order valence-corrected chi connectivity index (χ3v) is 4.91. The number of nitriles is 1. The quantitative estimate of drug-likeness (QED) is 0.469. The van der Waals surface area contributed by atoms with Crippen LogP contribution in [0, 0.1) is 18.3 Å². The van der Waals surface area contributed by atoms with Crippen LogP contribution in [0.2, 0.25) is 0 Å².